The SMILES string of the molecule is O=C(O)C1C2C=CC(C2)C1C(=O)N(CC1CC1)CC1CC1. The number of nitrogens with zero attached hydrogens (tertiary/aromatic N) is 1. The van der Waals surface area contributed by atoms with Crippen molar-refractivity contribution in [3.63, 3.8) is 0 Å². The van der Waals surface area contributed by atoms with E-state index in [1.165, 1.54) is 25.7 Å². The topological polar surface area (TPSA) is 57.6 Å². The highest BCUT2D eigenvalue weighted by molar-refractivity contribution is 5.87. The third-order valence-electron chi connectivity index (χ3n) is 5.69. The van der Waals surface area contributed by atoms with Gasteiger partial charge in [0.05, 0.1) is 11.8 Å². The van der Waals surface area contributed by atoms with Crippen LogP contribution in [0.3, 0.4) is 0 Å². The van der Waals surface area contributed by atoms with Crippen molar-refractivity contribution in [1.29, 1.82) is 0 Å². The monoisotopic (exact) mass is 289 g/mol. The highest BCUT2D eigenvalue weighted by atomic mass is 16.4. The summed E-state index contributed by atoms with van der Waals surface area (Å²) in [6, 6.07) is 0. The van der Waals surface area contributed by atoms with Gasteiger partial charge < -0.3 is 10.0 Å². The molecular formula is C17H23NO3. The van der Waals surface area contributed by atoms with E-state index in [4.69, 9.17) is 0 Å². The largest absolute Gasteiger partial charge is 0.481 e. The molecule has 4 atom stereocenters. The van der Waals surface area contributed by atoms with Gasteiger partial charge in [-0.05, 0) is 55.8 Å². The zero-order chi connectivity index (χ0) is 14.6. The number of hydrogen-bond acceptors (Lipinski definition) is 2. The highest BCUT2D eigenvalue weighted by Gasteiger charge is 2.53. The molecule has 4 heteroatoms. The second-order valence-corrected chi connectivity index (χ2v) is 7.47. The van der Waals surface area contributed by atoms with Crippen LogP contribution < -0.4 is 0 Å². The number of carbonyl (C=O) groups is 2. The van der Waals surface area contributed by atoms with Crippen LogP contribution in [0.1, 0.15) is 32.1 Å². The Bertz CT molecular complexity index is 478. The number of allylic oxidation sites excluding steroid dienone is 2. The second kappa shape index (κ2) is 4.85. The van der Waals surface area contributed by atoms with E-state index in [2.05, 4.69) is 6.08 Å². The van der Waals surface area contributed by atoms with E-state index in [-0.39, 0.29) is 23.7 Å². The van der Waals surface area contributed by atoms with E-state index in [1.807, 2.05) is 11.0 Å². The molecular weight excluding hydrogens is 266 g/mol. The van der Waals surface area contributed by atoms with Crippen molar-refractivity contribution in [2.75, 3.05) is 13.1 Å². The third-order valence-corrected chi connectivity index (χ3v) is 5.69. The first kappa shape index (κ1) is 13.4. The molecule has 0 spiro atoms. The molecule has 21 heavy (non-hydrogen) atoms. The number of fused-ring (bicyclic) bond motifs is 2. The van der Waals surface area contributed by atoms with Crippen LogP contribution in [-0.2, 0) is 9.59 Å². The van der Waals surface area contributed by atoms with E-state index < -0.39 is 11.9 Å². The maximum atomic E-state index is 13.0. The molecule has 4 aliphatic rings. The van der Waals surface area contributed by atoms with Gasteiger partial charge in [-0.1, -0.05) is 12.2 Å². The normalized spacial score (nSPS) is 37.0. The Labute approximate surface area is 125 Å². The van der Waals surface area contributed by atoms with Crippen molar-refractivity contribution in [3.8, 4) is 0 Å². The van der Waals surface area contributed by atoms with E-state index in [9.17, 15) is 14.7 Å². The number of hydrogen-bond donors (Lipinski definition) is 1. The lowest BCUT2D eigenvalue weighted by molar-refractivity contribution is -0.151. The van der Waals surface area contributed by atoms with Gasteiger partial charge >= 0.3 is 5.97 Å². The van der Waals surface area contributed by atoms with Crippen molar-refractivity contribution in [1.82, 2.24) is 4.90 Å². The number of carbonyl (C=O) groups excluding carboxylic acids is 1. The number of rotatable bonds is 6. The Kier molecular flexibility index (Phi) is 3.09. The van der Waals surface area contributed by atoms with Crippen molar-refractivity contribution < 1.29 is 14.7 Å². The van der Waals surface area contributed by atoms with Gasteiger partial charge in [-0.2, -0.15) is 0 Å². The molecule has 0 radical (unpaired) electrons. The Balaban J connectivity index is 1.52. The molecule has 0 aliphatic heterocycles. The molecule has 1 N–H and O–H groups in total. The minimum Gasteiger partial charge on any atom is -0.481 e. The van der Waals surface area contributed by atoms with Crippen LogP contribution >= 0.6 is 0 Å². The average molecular weight is 289 g/mol. The molecule has 0 aromatic carbocycles. The summed E-state index contributed by atoms with van der Waals surface area (Å²) in [5.74, 6) is 0.106. The quantitative estimate of drug-likeness (QED) is 0.762. The molecule has 2 bridgehead atoms. The molecule has 4 rings (SSSR count). The lowest BCUT2D eigenvalue weighted by Crippen LogP contribution is -2.44. The van der Waals surface area contributed by atoms with E-state index in [0.29, 0.717) is 11.8 Å². The minimum atomic E-state index is -0.789. The zero-order valence-electron chi connectivity index (χ0n) is 12.3. The van der Waals surface area contributed by atoms with Crippen LogP contribution in [-0.4, -0.2) is 35.0 Å². The van der Waals surface area contributed by atoms with Gasteiger partial charge in [-0.25, -0.2) is 0 Å². The first-order valence-corrected chi connectivity index (χ1v) is 8.33. The molecule has 4 aliphatic carbocycles. The molecule has 0 heterocycles. The fourth-order valence-electron chi connectivity index (χ4n) is 4.19. The summed E-state index contributed by atoms with van der Waals surface area (Å²) >= 11 is 0. The first-order chi connectivity index (χ1) is 10.1. The fraction of sp³-hybridized carbons (Fsp3) is 0.765. The Morgan fingerprint density at radius 3 is 1.95 bits per heavy atom. The molecule has 3 fully saturated rings. The van der Waals surface area contributed by atoms with Crippen LogP contribution in [0, 0.1) is 35.5 Å². The summed E-state index contributed by atoms with van der Waals surface area (Å²) < 4.78 is 0. The van der Waals surface area contributed by atoms with Crippen molar-refractivity contribution in [3.05, 3.63) is 12.2 Å². The summed E-state index contributed by atoms with van der Waals surface area (Å²) in [6.45, 7) is 1.72. The molecule has 4 unspecified atom stereocenters. The maximum Gasteiger partial charge on any atom is 0.307 e. The lowest BCUT2D eigenvalue weighted by atomic mass is 9.82. The number of aliphatic carboxylic acids is 1. The number of carboxylic acids is 1. The highest BCUT2D eigenvalue weighted by Crippen LogP contribution is 2.49. The molecule has 3 saturated carbocycles. The van der Waals surface area contributed by atoms with Crippen LogP contribution in [0.4, 0.5) is 0 Å². The third kappa shape index (κ3) is 2.49. The van der Waals surface area contributed by atoms with Gasteiger partial charge in [-0.3, -0.25) is 9.59 Å². The van der Waals surface area contributed by atoms with Gasteiger partial charge in [0.25, 0.3) is 0 Å². The standard InChI is InChI=1S/C17H23NO3/c19-16(18(8-10-1-2-10)9-11-3-4-11)14-12-5-6-13(7-12)15(14)17(20)21/h5-6,10-15H,1-4,7-9H2,(H,20,21). The van der Waals surface area contributed by atoms with Crippen LogP contribution in [0.2, 0.25) is 0 Å². The molecule has 1 amide bonds. The number of amides is 1. The molecule has 0 aromatic rings. The van der Waals surface area contributed by atoms with E-state index in [0.717, 1.165) is 19.5 Å². The maximum absolute atomic E-state index is 13.0. The average Bonchev–Trinajstić information content (AvgIpc) is 3.37. The zero-order valence-corrected chi connectivity index (χ0v) is 12.3. The smallest absolute Gasteiger partial charge is 0.307 e. The van der Waals surface area contributed by atoms with Crippen LogP contribution in [0.15, 0.2) is 12.2 Å². The van der Waals surface area contributed by atoms with Crippen molar-refractivity contribution in [2.45, 2.75) is 32.1 Å². The fourth-order valence-corrected chi connectivity index (χ4v) is 4.19. The molecule has 114 valence electrons. The van der Waals surface area contributed by atoms with Gasteiger partial charge in [0.2, 0.25) is 5.91 Å². The summed E-state index contributed by atoms with van der Waals surface area (Å²) in [4.78, 5) is 26.6. The Morgan fingerprint density at radius 2 is 1.48 bits per heavy atom. The van der Waals surface area contributed by atoms with Crippen molar-refractivity contribution >= 4 is 11.9 Å². The number of carboxylic acid groups (broad SMARTS) is 1. The molecule has 4 nitrogen and oxygen atoms in total. The summed E-state index contributed by atoms with van der Waals surface area (Å²) in [7, 11) is 0. The Morgan fingerprint density at radius 1 is 0.952 bits per heavy atom. The van der Waals surface area contributed by atoms with Gasteiger partial charge in [0.15, 0.2) is 0 Å². The summed E-state index contributed by atoms with van der Waals surface area (Å²) in [5, 5.41) is 9.52. The van der Waals surface area contributed by atoms with Gasteiger partial charge in [-0.15, -0.1) is 0 Å². The Hall–Kier alpha value is -1.32. The predicted molar refractivity (Wildman–Crippen MR) is 77.4 cm³/mol. The predicted octanol–water partition coefficient (Wildman–Crippen LogP) is 2.16. The lowest BCUT2D eigenvalue weighted by Gasteiger charge is -2.31. The van der Waals surface area contributed by atoms with E-state index in [1.54, 1.807) is 0 Å². The molecule has 0 saturated heterocycles. The molecule has 0 aromatic heterocycles. The summed E-state index contributed by atoms with van der Waals surface area (Å²) in [6.07, 6.45) is 9.87. The van der Waals surface area contributed by atoms with Crippen molar-refractivity contribution in [2.24, 2.45) is 35.5 Å². The second-order valence-electron chi connectivity index (χ2n) is 7.47. The first-order valence-electron chi connectivity index (χ1n) is 8.33. The summed E-state index contributed by atoms with van der Waals surface area (Å²) in [5.41, 5.74) is 0. The van der Waals surface area contributed by atoms with Gasteiger partial charge in [0, 0.05) is 13.1 Å². The van der Waals surface area contributed by atoms with Crippen LogP contribution in [0.5, 0.6) is 0 Å². The minimum absolute atomic E-state index is 0.0742. The van der Waals surface area contributed by atoms with E-state index >= 15 is 0 Å². The van der Waals surface area contributed by atoms with Crippen LogP contribution in [0.25, 0.3) is 0 Å². The van der Waals surface area contributed by atoms with Gasteiger partial charge in [0.1, 0.15) is 0 Å².